The van der Waals surface area contributed by atoms with Gasteiger partial charge in [-0.25, -0.2) is 0 Å². The average molecular weight is 421 g/mol. The minimum atomic E-state index is -0.225. The summed E-state index contributed by atoms with van der Waals surface area (Å²) in [5, 5.41) is 12.4. The van der Waals surface area contributed by atoms with E-state index >= 15 is 0 Å². The van der Waals surface area contributed by atoms with Crippen LogP contribution in [0.5, 0.6) is 0 Å². The minimum absolute atomic E-state index is 0.197. The fourth-order valence-electron chi connectivity index (χ4n) is 3.42. The van der Waals surface area contributed by atoms with Crippen LogP contribution in [0.2, 0.25) is 0 Å². The summed E-state index contributed by atoms with van der Waals surface area (Å²) in [4.78, 5) is 26.2. The molecule has 3 aromatic rings. The lowest BCUT2D eigenvalue weighted by molar-refractivity contribution is -0.128. The number of hydrogen-bond donors (Lipinski definition) is 1. The van der Waals surface area contributed by atoms with Crippen LogP contribution >= 0.6 is 11.3 Å². The Balaban J connectivity index is 1.38. The number of nitrogens with one attached hydrogen (secondary N) is 1. The molecule has 2 amide bonds. The van der Waals surface area contributed by atoms with Crippen LogP contribution in [-0.2, 0) is 11.3 Å². The van der Waals surface area contributed by atoms with Crippen LogP contribution in [0.3, 0.4) is 0 Å². The number of nitrogens with zero attached hydrogens (tertiary/aromatic N) is 3. The van der Waals surface area contributed by atoms with Gasteiger partial charge in [0, 0.05) is 30.6 Å². The molecule has 0 spiro atoms. The minimum Gasteiger partial charge on any atom is -0.338 e. The van der Waals surface area contributed by atoms with E-state index < -0.39 is 0 Å². The van der Waals surface area contributed by atoms with Gasteiger partial charge in [-0.1, -0.05) is 61.6 Å². The van der Waals surface area contributed by atoms with E-state index in [0.717, 1.165) is 29.1 Å². The Morgan fingerprint density at radius 3 is 2.47 bits per heavy atom. The summed E-state index contributed by atoms with van der Waals surface area (Å²) in [6, 6.07) is 15.6. The molecule has 1 N–H and O–H groups in total. The smallest absolute Gasteiger partial charge is 0.257 e. The Bertz CT molecular complexity index is 1040. The maximum absolute atomic E-state index is 12.6. The summed E-state index contributed by atoms with van der Waals surface area (Å²) in [7, 11) is 0. The van der Waals surface area contributed by atoms with Crippen molar-refractivity contribution >= 4 is 28.3 Å². The second kappa shape index (κ2) is 8.75. The highest BCUT2D eigenvalue weighted by Crippen LogP contribution is 2.28. The standard InChI is InChI=1S/C23H24N4O2S/c1-15(2)17-9-11-19(12-10-17)22-25-26-23(30-22)24-21(29)18-7-5-16(6-8-18)14-27-13-3-4-20(27)28/h5-12,15H,3-4,13-14H2,1-2H3,(H,24,26,29). The van der Waals surface area contributed by atoms with Crippen molar-refractivity contribution in [2.45, 2.75) is 39.2 Å². The van der Waals surface area contributed by atoms with Gasteiger partial charge in [-0.2, -0.15) is 0 Å². The summed E-state index contributed by atoms with van der Waals surface area (Å²) in [6.07, 6.45) is 1.55. The molecule has 1 aromatic heterocycles. The molecule has 7 heteroatoms. The van der Waals surface area contributed by atoms with E-state index in [1.54, 1.807) is 12.1 Å². The monoisotopic (exact) mass is 420 g/mol. The first kappa shape index (κ1) is 20.2. The molecular weight excluding hydrogens is 396 g/mol. The maximum atomic E-state index is 12.6. The lowest BCUT2D eigenvalue weighted by Gasteiger charge is -2.15. The fourth-order valence-corrected chi connectivity index (χ4v) is 4.17. The Hall–Kier alpha value is -3.06. The Morgan fingerprint density at radius 1 is 1.10 bits per heavy atom. The van der Waals surface area contributed by atoms with E-state index in [-0.39, 0.29) is 11.8 Å². The molecule has 1 fully saturated rings. The molecule has 0 atom stereocenters. The molecule has 154 valence electrons. The topological polar surface area (TPSA) is 75.2 Å². The van der Waals surface area contributed by atoms with Crippen LogP contribution in [0.4, 0.5) is 5.13 Å². The van der Waals surface area contributed by atoms with E-state index in [1.165, 1.54) is 16.9 Å². The predicted octanol–water partition coefficient (Wildman–Crippen LogP) is 4.70. The first-order valence-electron chi connectivity index (χ1n) is 10.1. The van der Waals surface area contributed by atoms with Crippen LogP contribution in [0.25, 0.3) is 10.6 Å². The van der Waals surface area contributed by atoms with Gasteiger partial charge >= 0.3 is 0 Å². The van der Waals surface area contributed by atoms with Gasteiger partial charge < -0.3 is 4.90 Å². The number of likely N-dealkylation sites (tertiary alicyclic amines) is 1. The second-order valence-corrected chi connectivity index (χ2v) is 8.74. The molecule has 1 saturated heterocycles. The molecule has 0 saturated carbocycles. The third-order valence-corrected chi connectivity index (χ3v) is 6.12. The van der Waals surface area contributed by atoms with Crippen molar-refractivity contribution in [3.63, 3.8) is 0 Å². The number of carbonyl (C=O) groups is 2. The van der Waals surface area contributed by atoms with Crippen molar-refractivity contribution in [2.24, 2.45) is 0 Å². The number of aromatic nitrogens is 2. The average Bonchev–Trinajstić information content (AvgIpc) is 3.38. The molecule has 0 unspecified atom stereocenters. The van der Waals surface area contributed by atoms with Crippen LogP contribution in [0, 0.1) is 0 Å². The van der Waals surface area contributed by atoms with Gasteiger partial charge in [0.15, 0.2) is 0 Å². The van der Waals surface area contributed by atoms with Gasteiger partial charge in [-0.05, 0) is 35.6 Å². The zero-order chi connectivity index (χ0) is 21.1. The van der Waals surface area contributed by atoms with Crippen molar-refractivity contribution in [2.75, 3.05) is 11.9 Å². The van der Waals surface area contributed by atoms with Gasteiger partial charge in [0.2, 0.25) is 11.0 Å². The number of anilines is 1. The molecule has 2 heterocycles. The summed E-state index contributed by atoms with van der Waals surface area (Å²) >= 11 is 1.35. The van der Waals surface area contributed by atoms with Gasteiger partial charge in [0.25, 0.3) is 5.91 Å². The third kappa shape index (κ3) is 4.57. The third-order valence-electron chi connectivity index (χ3n) is 5.23. The summed E-state index contributed by atoms with van der Waals surface area (Å²) < 4.78 is 0. The SMILES string of the molecule is CC(C)c1ccc(-c2nnc(NC(=O)c3ccc(CN4CCCC4=O)cc3)s2)cc1. The number of hydrogen-bond acceptors (Lipinski definition) is 5. The molecule has 1 aliphatic rings. The van der Waals surface area contributed by atoms with Gasteiger partial charge in [0.1, 0.15) is 5.01 Å². The molecule has 0 aliphatic carbocycles. The summed E-state index contributed by atoms with van der Waals surface area (Å²) in [5.74, 6) is 0.449. The second-order valence-electron chi connectivity index (χ2n) is 7.76. The molecular formula is C23H24N4O2S. The first-order chi connectivity index (χ1) is 14.5. The van der Waals surface area contributed by atoms with Crippen molar-refractivity contribution in [1.29, 1.82) is 0 Å². The van der Waals surface area contributed by atoms with Gasteiger partial charge in [-0.15, -0.1) is 10.2 Å². The highest BCUT2D eigenvalue weighted by atomic mass is 32.1. The van der Waals surface area contributed by atoms with Crippen LogP contribution in [-0.4, -0.2) is 33.5 Å². The van der Waals surface area contributed by atoms with Crippen molar-refractivity contribution in [3.05, 3.63) is 65.2 Å². The van der Waals surface area contributed by atoms with E-state index in [0.29, 0.717) is 29.6 Å². The van der Waals surface area contributed by atoms with E-state index in [2.05, 4.69) is 41.5 Å². The number of rotatable bonds is 6. The van der Waals surface area contributed by atoms with E-state index in [1.807, 2.05) is 29.2 Å². The Morgan fingerprint density at radius 2 is 1.83 bits per heavy atom. The molecule has 6 nitrogen and oxygen atoms in total. The maximum Gasteiger partial charge on any atom is 0.257 e. The fraction of sp³-hybridized carbons (Fsp3) is 0.304. The Labute approximate surface area is 180 Å². The van der Waals surface area contributed by atoms with Crippen molar-refractivity contribution in [1.82, 2.24) is 15.1 Å². The first-order valence-corrected chi connectivity index (χ1v) is 10.9. The molecule has 30 heavy (non-hydrogen) atoms. The zero-order valence-corrected chi connectivity index (χ0v) is 17.9. The quantitative estimate of drug-likeness (QED) is 0.627. The van der Waals surface area contributed by atoms with Crippen LogP contribution < -0.4 is 5.32 Å². The molecule has 4 rings (SSSR count). The molecule has 0 radical (unpaired) electrons. The highest BCUT2D eigenvalue weighted by Gasteiger charge is 2.20. The van der Waals surface area contributed by atoms with Gasteiger partial charge in [0.05, 0.1) is 0 Å². The highest BCUT2D eigenvalue weighted by molar-refractivity contribution is 7.18. The normalized spacial score (nSPS) is 13.8. The molecule has 1 aliphatic heterocycles. The number of carbonyl (C=O) groups excluding carboxylic acids is 2. The van der Waals surface area contributed by atoms with Crippen LogP contribution in [0.1, 0.15) is 54.1 Å². The molecule has 2 aromatic carbocycles. The van der Waals surface area contributed by atoms with Crippen LogP contribution in [0.15, 0.2) is 48.5 Å². The summed E-state index contributed by atoms with van der Waals surface area (Å²) in [6.45, 7) is 5.72. The van der Waals surface area contributed by atoms with Crippen molar-refractivity contribution in [3.8, 4) is 10.6 Å². The van der Waals surface area contributed by atoms with E-state index in [4.69, 9.17) is 0 Å². The van der Waals surface area contributed by atoms with Gasteiger partial charge in [-0.3, -0.25) is 14.9 Å². The van der Waals surface area contributed by atoms with E-state index in [9.17, 15) is 9.59 Å². The van der Waals surface area contributed by atoms with Crippen molar-refractivity contribution < 1.29 is 9.59 Å². The number of benzene rings is 2. The summed E-state index contributed by atoms with van der Waals surface area (Å²) in [5.41, 5.74) is 3.82. The zero-order valence-electron chi connectivity index (χ0n) is 17.1. The molecule has 0 bridgehead atoms. The predicted molar refractivity (Wildman–Crippen MR) is 118 cm³/mol. The lowest BCUT2D eigenvalue weighted by atomic mass is 10.0. The Kier molecular flexibility index (Phi) is 5.90. The largest absolute Gasteiger partial charge is 0.338 e. The number of amides is 2. The lowest BCUT2D eigenvalue weighted by Crippen LogP contribution is -2.23.